The van der Waals surface area contributed by atoms with Gasteiger partial charge in [0.15, 0.2) is 0 Å². The fraction of sp³-hybridized carbons (Fsp3) is 0.692. The highest BCUT2D eigenvalue weighted by molar-refractivity contribution is 7.80. The first-order chi connectivity index (χ1) is 22.3. The summed E-state index contributed by atoms with van der Waals surface area (Å²) in [7, 11) is 0. The summed E-state index contributed by atoms with van der Waals surface area (Å²) in [6, 6.07) is -6.20. The van der Waals surface area contributed by atoms with Crippen LogP contribution in [0.1, 0.15) is 25.7 Å². The van der Waals surface area contributed by atoms with Gasteiger partial charge in [0.05, 0.1) is 19.1 Å². The van der Waals surface area contributed by atoms with Crippen molar-refractivity contribution < 1.29 is 43.5 Å². The van der Waals surface area contributed by atoms with Crippen LogP contribution >= 0.6 is 50.5 Å². The van der Waals surface area contributed by atoms with Crippen molar-refractivity contribution in [2.24, 2.45) is 5.73 Å². The second-order valence-electron chi connectivity index (χ2n) is 10.8. The van der Waals surface area contributed by atoms with Gasteiger partial charge in [0.2, 0.25) is 41.4 Å². The van der Waals surface area contributed by atoms with E-state index in [0.717, 1.165) is 0 Å². The van der Waals surface area contributed by atoms with E-state index in [2.05, 4.69) is 77.1 Å². The predicted octanol–water partition coefficient (Wildman–Crippen LogP) is -4.21. The van der Waals surface area contributed by atoms with E-state index in [1.54, 1.807) is 0 Å². The van der Waals surface area contributed by atoms with Crippen LogP contribution in [-0.2, 0) is 38.4 Å². The number of amides is 7. The van der Waals surface area contributed by atoms with Gasteiger partial charge in [-0.25, -0.2) is 4.79 Å². The van der Waals surface area contributed by atoms with Crippen LogP contribution < -0.4 is 32.3 Å². The van der Waals surface area contributed by atoms with Gasteiger partial charge in [-0.1, -0.05) is 0 Å². The number of rotatable bonds is 17. The van der Waals surface area contributed by atoms with Crippen LogP contribution in [0.3, 0.4) is 0 Å². The summed E-state index contributed by atoms with van der Waals surface area (Å²) in [6.07, 6.45) is 1.75. The Morgan fingerprint density at radius 3 is 1.53 bits per heavy atom. The Morgan fingerprint density at radius 1 is 0.660 bits per heavy atom. The van der Waals surface area contributed by atoms with Crippen molar-refractivity contribution in [3.8, 4) is 0 Å². The fourth-order valence-corrected chi connectivity index (χ4v) is 5.90. The lowest BCUT2D eigenvalue weighted by molar-refractivity contribution is -0.142. The molecule has 0 unspecified atom stereocenters. The van der Waals surface area contributed by atoms with E-state index < -0.39 is 96.7 Å². The van der Waals surface area contributed by atoms with E-state index in [1.165, 1.54) is 9.80 Å². The second kappa shape index (κ2) is 19.8. The summed E-state index contributed by atoms with van der Waals surface area (Å²) in [6.45, 7) is -0.465. The van der Waals surface area contributed by atoms with E-state index in [0.29, 0.717) is 25.8 Å². The van der Waals surface area contributed by atoms with Gasteiger partial charge in [0.25, 0.3) is 0 Å². The smallest absolute Gasteiger partial charge is 0.327 e. The van der Waals surface area contributed by atoms with Gasteiger partial charge in [0, 0.05) is 36.1 Å². The molecule has 47 heavy (non-hydrogen) atoms. The van der Waals surface area contributed by atoms with Crippen LogP contribution in [0.2, 0.25) is 0 Å². The molecule has 0 aromatic heterocycles. The first kappa shape index (κ1) is 40.3. The van der Waals surface area contributed by atoms with Crippen molar-refractivity contribution >= 4 is 97.8 Å². The number of carboxylic acid groups (broad SMARTS) is 1. The molecule has 17 nitrogen and oxygen atoms in total. The highest BCUT2D eigenvalue weighted by Crippen LogP contribution is 2.20. The van der Waals surface area contributed by atoms with Crippen LogP contribution in [0.4, 0.5) is 0 Å². The minimum atomic E-state index is -1.28. The molecule has 6 atom stereocenters. The standard InChI is InChI=1S/C26H42N8O9S4/c27-13(9-44)24(40)33-5-1-3-17(33)22(38)28-7-19(35)30-14(10-45)21(37)32-15(11-46)25(41)34-6-2-4-18(34)23(39)29-8-20(36)31-16(12-47)26(42)43/h13-18,44-47H,1-12,27H2,(H,28,38)(H,29,39)(H,30,35)(H,31,36)(H,32,37)(H,42,43)/t13-,14-,15-,16-,17-,18-/m0/s1. The molecule has 0 aliphatic carbocycles. The summed E-state index contributed by atoms with van der Waals surface area (Å²) in [5, 5.41) is 21.1. The number of aliphatic carboxylic acids is 1. The largest absolute Gasteiger partial charge is 0.480 e. The maximum absolute atomic E-state index is 13.3. The number of hydrogen-bond donors (Lipinski definition) is 11. The van der Waals surface area contributed by atoms with Gasteiger partial charge in [0.1, 0.15) is 30.2 Å². The van der Waals surface area contributed by atoms with Gasteiger partial charge >= 0.3 is 5.97 Å². The number of thiol groups is 4. The average Bonchev–Trinajstić information content (AvgIpc) is 3.76. The topological polar surface area (TPSA) is 249 Å². The van der Waals surface area contributed by atoms with Crippen LogP contribution in [-0.4, -0.2) is 148 Å². The summed E-state index contributed by atoms with van der Waals surface area (Å²) >= 11 is 16.2. The summed E-state index contributed by atoms with van der Waals surface area (Å²) in [5.74, 6) is -6.04. The van der Waals surface area contributed by atoms with Crippen LogP contribution in [0.25, 0.3) is 0 Å². The van der Waals surface area contributed by atoms with Crippen LogP contribution in [0, 0.1) is 0 Å². The van der Waals surface area contributed by atoms with Crippen molar-refractivity contribution in [2.45, 2.75) is 61.9 Å². The lowest BCUT2D eigenvalue weighted by Gasteiger charge is -2.29. The van der Waals surface area contributed by atoms with Crippen molar-refractivity contribution in [1.82, 2.24) is 36.4 Å². The van der Waals surface area contributed by atoms with E-state index >= 15 is 0 Å². The molecule has 2 aliphatic heterocycles. The van der Waals surface area contributed by atoms with E-state index in [1.807, 2.05) is 0 Å². The van der Waals surface area contributed by atoms with Crippen molar-refractivity contribution in [3.63, 3.8) is 0 Å². The number of hydrogen-bond acceptors (Lipinski definition) is 13. The number of nitrogens with zero attached hydrogens (tertiary/aromatic N) is 2. The second-order valence-corrected chi connectivity index (χ2v) is 12.3. The van der Waals surface area contributed by atoms with E-state index in [4.69, 9.17) is 10.8 Å². The summed E-state index contributed by atoms with van der Waals surface area (Å²) < 4.78 is 0. The number of carbonyl (C=O) groups excluding carboxylic acids is 7. The molecule has 7 amide bonds. The molecule has 2 aliphatic rings. The highest BCUT2D eigenvalue weighted by atomic mass is 32.1. The lowest BCUT2D eigenvalue weighted by atomic mass is 10.1. The number of nitrogens with one attached hydrogen (secondary N) is 5. The Balaban J connectivity index is 1.91. The minimum Gasteiger partial charge on any atom is -0.480 e. The Kier molecular flexibility index (Phi) is 17.0. The number of nitrogens with two attached hydrogens (primary N) is 1. The molecule has 0 aromatic carbocycles. The number of carboxylic acids is 1. The predicted molar refractivity (Wildman–Crippen MR) is 182 cm³/mol. The minimum absolute atomic E-state index is 0.113. The van der Waals surface area contributed by atoms with Gasteiger partial charge < -0.3 is 47.2 Å². The maximum atomic E-state index is 13.3. The summed E-state index contributed by atoms with van der Waals surface area (Å²) in [5.41, 5.74) is 5.76. The summed E-state index contributed by atoms with van der Waals surface area (Å²) in [4.78, 5) is 103. The quantitative estimate of drug-likeness (QED) is 0.0642. The molecule has 2 rings (SSSR count). The molecule has 2 heterocycles. The third-order valence-corrected chi connectivity index (χ3v) is 8.97. The van der Waals surface area contributed by atoms with Gasteiger partial charge in [-0.2, -0.15) is 50.5 Å². The van der Waals surface area contributed by atoms with Gasteiger partial charge in [-0.05, 0) is 25.7 Å². The normalized spacial score (nSPS) is 19.9. The van der Waals surface area contributed by atoms with Gasteiger partial charge in [-0.3, -0.25) is 33.6 Å². The molecule has 2 fully saturated rings. The van der Waals surface area contributed by atoms with Crippen molar-refractivity contribution in [3.05, 3.63) is 0 Å². The molecule has 8 N–H and O–H groups in total. The Bertz CT molecular complexity index is 1200. The van der Waals surface area contributed by atoms with Crippen LogP contribution in [0.15, 0.2) is 0 Å². The molecule has 0 radical (unpaired) electrons. The average molecular weight is 739 g/mol. The monoisotopic (exact) mass is 738 g/mol. The number of likely N-dealkylation sites (tertiary alicyclic amines) is 2. The molecule has 2 saturated heterocycles. The van der Waals surface area contributed by atoms with E-state index in [9.17, 15) is 38.4 Å². The molecular formula is C26H42N8O9S4. The maximum Gasteiger partial charge on any atom is 0.327 e. The fourth-order valence-electron chi connectivity index (χ4n) is 5.00. The molecule has 0 aromatic rings. The molecule has 0 spiro atoms. The Labute approximate surface area is 293 Å². The first-order valence-corrected chi connectivity index (χ1v) is 17.3. The Hall–Kier alpha value is -2.88. The third kappa shape index (κ3) is 11.6. The van der Waals surface area contributed by atoms with Gasteiger partial charge in [-0.15, -0.1) is 0 Å². The molecule has 0 bridgehead atoms. The molecular weight excluding hydrogens is 697 g/mol. The molecule has 0 saturated carbocycles. The van der Waals surface area contributed by atoms with Crippen molar-refractivity contribution in [2.75, 3.05) is 49.2 Å². The Morgan fingerprint density at radius 2 is 1.11 bits per heavy atom. The zero-order chi connectivity index (χ0) is 35.3. The first-order valence-electron chi connectivity index (χ1n) is 14.8. The van der Waals surface area contributed by atoms with E-state index in [-0.39, 0.29) is 36.0 Å². The van der Waals surface area contributed by atoms with Crippen LogP contribution in [0.5, 0.6) is 0 Å². The molecule has 264 valence electrons. The molecule has 21 heteroatoms. The third-order valence-electron chi connectivity index (χ3n) is 7.48. The SMILES string of the molecule is N[C@@H](CS)C(=O)N1CCC[C@H]1C(=O)NCC(=O)N[C@@H](CS)C(=O)N[C@@H](CS)C(=O)N1CCC[C@H]1C(=O)NCC(=O)N[C@@H](CS)C(=O)O. The number of carbonyl (C=O) groups is 8. The zero-order valence-corrected chi connectivity index (χ0v) is 29.0. The zero-order valence-electron chi connectivity index (χ0n) is 25.4. The lowest BCUT2D eigenvalue weighted by Crippen LogP contribution is -2.58. The highest BCUT2D eigenvalue weighted by Gasteiger charge is 2.39. The van der Waals surface area contributed by atoms with Crippen molar-refractivity contribution in [1.29, 1.82) is 0 Å².